The van der Waals surface area contributed by atoms with Crippen LogP contribution >= 0.6 is 0 Å². The first-order valence-electron chi connectivity index (χ1n) is 5.91. The molecule has 0 aliphatic heterocycles. The van der Waals surface area contributed by atoms with Crippen LogP contribution in [0.4, 0.5) is 5.82 Å². The molecule has 0 aliphatic carbocycles. The Morgan fingerprint density at radius 1 is 1.37 bits per heavy atom. The number of nitrogens with zero attached hydrogens (tertiary/aromatic N) is 3. The lowest BCUT2D eigenvalue weighted by Crippen LogP contribution is -2.31. The normalized spacial score (nSPS) is 10.3. The first-order valence-corrected chi connectivity index (χ1v) is 5.91. The van der Waals surface area contributed by atoms with Gasteiger partial charge in [-0.25, -0.2) is 14.8 Å². The van der Waals surface area contributed by atoms with Crippen molar-refractivity contribution in [2.75, 3.05) is 45.4 Å². The van der Waals surface area contributed by atoms with E-state index in [1.807, 2.05) is 4.90 Å². The van der Waals surface area contributed by atoms with Gasteiger partial charge in [-0.3, -0.25) is 0 Å². The highest BCUT2D eigenvalue weighted by atomic mass is 16.5. The molecule has 7 nitrogen and oxygen atoms in total. The van der Waals surface area contributed by atoms with Crippen molar-refractivity contribution in [1.82, 2.24) is 9.97 Å². The van der Waals surface area contributed by atoms with Crippen LogP contribution < -0.4 is 4.90 Å². The lowest BCUT2D eigenvalue weighted by Gasteiger charge is -2.22. The Balaban J connectivity index is 3.00. The number of carbonyl (C=O) groups is 1. The zero-order chi connectivity index (χ0) is 14.3. The van der Waals surface area contributed by atoms with E-state index in [-0.39, 0.29) is 12.4 Å². The second-order valence-electron chi connectivity index (χ2n) is 3.89. The highest BCUT2D eigenvalue weighted by Gasteiger charge is 2.15. The summed E-state index contributed by atoms with van der Waals surface area (Å²) in [7, 11) is 2.88. The molecule has 19 heavy (non-hydrogen) atoms. The van der Waals surface area contributed by atoms with Crippen LogP contribution in [0.25, 0.3) is 0 Å². The van der Waals surface area contributed by atoms with Gasteiger partial charge in [0.15, 0.2) is 0 Å². The van der Waals surface area contributed by atoms with E-state index >= 15 is 0 Å². The van der Waals surface area contributed by atoms with E-state index in [0.29, 0.717) is 31.2 Å². The molecule has 0 aromatic carbocycles. The summed E-state index contributed by atoms with van der Waals surface area (Å²) < 4.78 is 9.62. The summed E-state index contributed by atoms with van der Waals surface area (Å²) in [5.41, 5.74) is 0.658. The van der Waals surface area contributed by atoms with E-state index in [1.165, 1.54) is 7.11 Å². The van der Waals surface area contributed by atoms with Crippen LogP contribution in [-0.4, -0.2) is 61.6 Å². The number of hydrogen-bond acceptors (Lipinski definition) is 7. The first kappa shape index (κ1) is 15.3. The molecule has 0 atom stereocenters. The zero-order valence-electron chi connectivity index (χ0n) is 11.4. The molecule has 0 saturated heterocycles. The van der Waals surface area contributed by atoms with Crippen LogP contribution in [-0.2, 0) is 9.47 Å². The molecule has 0 aliphatic rings. The van der Waals surface area contributed by atoms with Crippen LogP contribution in [0.3, 0.4) is 0 Å². The van der Waals surface area contributed by atoms with Gasteiger partial charge >= 0.3 is 5.97 Å². The third kappa shape index (κ3) is 4.46. The summed E-state index contributed by atoms with van der Waals surface area (Å²) in [4.78, 5) is 21.5. The van der Waals surface area contributed by atoms with Crippen LogP contribution in [0.2, 0.25) is 0 Å². The van der Waals surface area contributed by atoms with Crippen molar-refractivity contribution >= 4 is 11.8 Å². The molecule has 7 heteroatoms. The standard InChI is InChI=1S/C12H19N3O4/c1-9-8-10(14-11(13-9)12(17)19-3)15(4-6-16)5-7-18-2/h8,16H,4-7H2,1-3H3. The number of anilines is 1. The molecule has 1 heterocycles. The molecule has 1 N–H and O–H groups in total. The van der Waals surface area contributed by atoms with Crippen molar-refractivity contribution in [2.24, 2.45) is 0 Å². The molecule has 0 fully saturated rings. The van der Waals surface area contributed by atoms with Gasteiger partial charge in [0.25, 0.3) is 0 Å². The number of hydrogen-bond donors (Lipinski definition) is 1. The molecule has 0 radical (unpaired) electrons. The van der Waals surface area contributed by atoms with Crippen molar-refractivity contribution in [2.45, 2.75) is 6.92 Å². The Morgan fingerprint density at radius 2 is 2.11 bits per heavy atom. The molecule has 0 unspecified atom stereocenters. The number of aromatic nitrogens is 2. The number of methoxy groups -OCH3 is 2. The molecule has 0 bridgehead atoms. The zero-order valence-corrected chi connectivity index (χ0v) is 11.4. The molecular formula is C12H19N3O4. The lowest BCUT2D eigenvalue weighted by molar-refractivity contribution is 0.0586. The Labute approximate surface area is 112 Å². The number of aryl methyl sites for hydroxylation is 1. The van der Waals surface area contributed by atoms with E-state index in [1.54, 1.807) is 20.1 Å². The Morgan fingerprint density at radius 3 is 2.68 bits per heavy atom. The summed E-state index contributed by atoms with van der Waals surface area (Å²) in [5, 5.41) is 9.07. The smallest absolute Gasteiger partial charge is 0.376 e. The fourth-order valence-corrected chi connectivity index (χ4v) is 1.56. The monoisotopic (exact) mass is 269 g/mol. The summed E-state index contributed by atoms with van der Waals surface area (Å²) in [6.45, 7) is 3.22. The summed E-state index contributed by atoms with van der Waals surface area (Å²) in [6.07, 6.45) is 0. The highest BCUT2D eigenvalue weighted by Crippen LogP contribution is 2.12. The maximum atomic E-state index is 11.5. The first-order chi connectivity index (χ1) is 9.12. The highest BCUT2D eigenvalue weighted by molar-refractivity contribution is 5.85. The number of esters is 1. The van der Waals surface area contributed by atoms with Crippen molar-refractivity contribution < 1.29 is 19.4 Å². The summed E-state index contributed by atoms with van der Waals surface area (Å²) >= 11 is 0. The van der Waals surface area contributed by atoms with Gasteiger partial charge in [-0.2, -0.15) is 0 Å². The van der Waals surface area contributed by atoms with Crippen LogP contribution in [0, 0.1) is 6.92 Å². The quantitative estimate of drug-likeness (QED) is 0.698. The van der Waals surface area contributed by atoms with E-state index in [9.17, 15) is 4.79 Å². The van der Waals surface area contributed by atoms with E-state index in [4.69, 9.17) is 9.84 Å². The minimum atomic E-state index is -0.583. The third-order valence-electron chi connectivity index (χ3n) is 2.47. The topological polar surface area (TPSA) is 84.8 Å². The number of ether oxygens (including phenoxy) is 2. The predicted molar refractivity (Wildman–Crippen MR) is 69.3 cm³/mol. The maximum absolute atomic E-state index is 11.5. The lowest BCUT2D eigenvalue weighted by atomic mass is 10.3. The average molecular weight is 269 g/mol. The van der Waals surface area contributed by atoms with E-state index < -0.39 is 5.97 Å². The van der Waals surface area contributed by atoms with E-state index in [2.05, 4.69) is 14.7 Å². The number of aliphatic hydroxyl groups excluding tert-OH is 1. The van der Waals surface area contributed by atoms with Gasteiger partial charge in [0, 0.05) is 32.0 Å². The molecule has 0 saturated carbocycles. The second-order valence-corrected chi connectivity index (χ2v) is 3.89. The van der Waals surface area contributed by atoms with Gasteiger partial charge < -0.3 is 19.5 Å². The predicted octanol–water partition coefficient (Wildman–Crippen LogP) is 0.0167. The van der Waals surface area contributed by atoms with Crippen molar-refractivity contribution in [3.05, 3.63) is 17.6 Å². The van der Waals surface area contributed by atoms with Crippen molar-refractivity contribution in [1.29, 1.82) is 0 Å². The fraction of sp³-hybridized carbons (Fsp3) is 0.583. The Bertz CT molecular complexity index is 425. The van der Waals surface area contributed by atoms with Gasteiger partial charge in [0.1, 0.15) is 5.82 Å². The van der Waals surface area contributed by atoms with Gasteiger partial charge in [-0.05, 0) is 6.92 Å². The molecule has 0 amide bonds. The molecule has 0 spiro atoms. The summed E-state index contributed by atoms with van der Waals surface area (Å²) in [5.74, 6) is -0.00232. The fourth-order valence-electron chi connectivity index (χ4n) is 1.56. The van der Waals surface area contributed by atoms with Gasteiger partial charge in [0.05, 0.1) is 20.3 Å². The molecule has 1 aromatic heterocycles. The SMILES string of the molecule is COCCN(CCO)c1cc(C)nc(C(=O)OC)n1. The number of carbonyl (C=O) groups excluding carboxylic acids is 1. The van der Waals surface area contributed by atoms with Gasteiger partial charge in [-0.15, -0.1) is 0 Å². The Kier molecular flexibility index (Phi) is 6.17. The number of aliphatic hydroxyl groups is 1. The Hall–Kier alpha value is -1.73. The van der Waals surface area contributed by atoms with Crippen LogP contribution in [0.1, 0.15) is 16.3 Å². The van der Waals surface area contributed by atoms with Crippen LogP contribution in [0.15, 0.2) is 6.07 Å². The van der Waals surface area contributed by atoms with Crippen molar-refractivity contribution in [3.63, 3.8) is 0 Å². The van der Waals surface area contributed by atoms with Crippen molar-refractivity contribution in [3.8, 4) is 0 Å². The average Bonchev–Trinajstić information content (AvgIpc) is 2.41. The minimum absolute atomic E-state index is 0.0119. The second kappa shape index (κ2) is 7.65. The largest absolute Gasteiger partial charge is 0.463 e. The van der Waals surface area contributed by atoms with E-state index in [0.717, 1.165) is 0 Å². The maximum Gasteiger partial charge on any atom is 0.376 e. The minimum Gasteiger partial charge on any atom is -0.463 e. The third-order valence-corrected chi connectivity index (χ3v) is 2.47. The van der Waals surface area contributed by atoms with Crippen LogP contribution in [0.5, 0.6) is 0 Å². The number of rotatable bonds is 7. The van der Waals surface area contributed by atoms with Gasteiger partial charge in [-0.1, -0.05) is 0 Å². The molecule has 1 rings (SSSR count). The molecule has 1 aromatic rings. The molecular weight excluding hydrogens is 250 g/mol. The molecule has 106 valence electrons. The summed E-state index contributed by atoms with van der Waals surface area (Å²) in [6, 6.07) is 1.75. The van der Waals surface area contributed by atoms with Gasteiger partial charge in [0.2, 0.25) is 5.82 Å².